The zero-order valence-corrected chi connectivity index (χ0v) is 33.0. The van der Waals surface area contributed by atoms with Crippen LogP contribution in [0.15, 0.2) is 121 Å². The second-order valence-electron chi connectivity index (χ2n) is 12.6. The normalized spacial score (nSPS) is 11.3. The van der Waals surface area contributed by atoms with Crippen molar-refractivity contribution in [2.24, 2.45) is 0 Å². The van der Waals surface area contributed by atoms with E-state index in [0.717, 1.165) is 17.1 Å². The predicted octanol–water partition coefficient (Wildman–Crippen LogP) is 8.81. The third-order valence-electron chi connectivity index (χ3n) is 6.34. The van der Waals surface area contributed by atoms with Crippen LogP contribution < -0.4 is 12.4 Å². The van der Waals surface area contributed by atoms with Crippen molar-refractivity contribution in [2.45, 2.75) is 46.2 Å². The van der Waals surface area contributed by atoms with Crippen molar-refractivity contribution in [3.05, 3.63) is 142 Å². The van der Waals surface area contributed by atoms with Gasteiger partial charge in [0.05, 0.1) is 0 Å². The minimum absolute atomic E-state index is 0. The van der Waals surface area contributed by atoms with Crippen LogP contribution in [0.4, 0.5) is 17.1 Å². The van der Waals surface area contributed by atoms with Gasteiger partial charge in [0.2, 0.25) is 0 Å². The molecule has 0 unspecified atom stereocenters. The van der Waals surface area contributed by atoms with Crippen LogP contribution in [0.3, 0.4) is 0 Å². The summed E-state index contributed by atoms with van der Waals surface area (Å²) in [7, 11) is -5.54. The van der Waals surface area contributed by atoms with Crippen molar-refractivity contribution < 1.29 is 34.1 Å². The molecule has 0 heterocycles. The Labute approximate surface area is 287 Å². The van der Waals surface area contributed by atoms with Crippen LogP contribution >= 0.6 is 7.92 Å². The summed E-state index contributed by atoms with van der Waals surface area (Å²) >= 11 is 0. The zero-order valence-electron chi connectivity index (χ0n) is 26.8. The molecule has 226 valence electrons. The maximum absolute atomic E-state index is 5.28. The van der Waals surface area contributed by atoms with Crippen LogP contribution in [0.5, 0.6) is 0 Å². The quantitative estimate of drug-likeness (QED) is 0.105. The minimum atomic E-state index is -1.78. The molecule has 0 aliphatic carbocycles. The Hall–Kier alpha value is -1.64. The second-order valence-corrected chi connectivity index (χ2v) is 29.3. The monoisotopic (exact) mass is 695 g/mol. The Morgan fingerprint density at radius 1 is 0.442 bits per heavy atom. The molecule has 0 amide bonds. The van der Waals surface area contributed by atoms with Crippen LogP contribution in [0.25, 0.3) is 14.9 Å². The molecule has 0 aliphatic rings. The van der Waals surface area contributed by atoms with E-state index in [1.165, 1.54) is 22.9 Å². The first-order valence-electron chi connectivity index (χ1n) is 14.5. The molecular formula is C34H47ClN3PSi3Ti. The number of benzene rings is 4. The molecule has 4 aromatic rings. The van der Waals surface area contributed by atoms with Gasteiger partial charge in [0.1, 0.15) is 0 Å². The Kier molecular flexibility index (Phi) is 17.4. The van der Waals surface area contributed by atoms with E-state index in [2.05, 4.69) is 149 Å². The predicted molar refractivity (Wildman–Crippen MR) is 194 cm³/mol. The molecule has 0 saturated carbocycles. The van der Waals surface area contributed by atoms with Gasteiger partial charge in [-0.2, -0.15) is 0 Å². The van der Waals surface area contributed by atoms with E-state index in [4.69, 9.17) is 14.9 Å². The third kappa shape index (κ3) is 16.3. The summed E-state index contributed by atoms with van der Waals surface area (Å²) in [6, 6.07) is 41.9. The van der Waals surface area contributed by atoms with Gasteiger partial charge in [-0.1, -0.05) is 184 Å². The van der Waals surface area contributed by atoms with Gasteiger partial charge in [-0.25, -0.2) is 0 Å². The topological polar surface area (TPSA) is 42.3 Å². The second kappa shape index (κ2) is 19.0. The van der Waals surface area contributed by atoms with Crippen LogP contribution in [-0.4, -0.2) is 42.1 Å². The molecule has 0 bridgehead atoms. The van der Waals surface area contributed by atoms with Crippen LogP contribution in [-0.2, 0) is 21.7 Å². The van der Waals surface area contributed by atoms with Gasteiger partial charge in [0, 0.05) is 0 Å². The van der Waals surface area contributed by atoms with E-state index in [0.29, 0.717) is 0 Å². The standard InChI is InChI=1S/C27H39N3PSi3.C7H8.ClH.Ti/c1-32(2,28-25-16-10-7-11-17-25)22-31(23-33(3,4)29-26-18-12-8-13-19-26)24-34(5,6)30-27-20-14-9-15-21-27;1-7-5-3-2-4-6-7;;/h7-21H,22-24H2,1-6H3;2-6H,1H3;1H;/q-3;;;+4/p-1. The fourth-order valence-corrected chi connectivity index (χ4v) is 25.9. The molecule has 4 aromatic carbocycles. The smallest absolute Gasteiger partial charge is 1.00 e. The molecular weight excluding hydrogens is 649 g/mol. The van der Waals surface area contributed by atoms with Gasteiger partial charge in [-0.3, -0.25) is 0 Å². The molecule has 0 fully saturated rings. The molecule has 9 heteroatoms. The van der Waals surface area contributed by atoms with E-state index >= 15 is 0 Å². The van der Waals surface area contributed by atoms with Crippen molar-refractivity contribution >= 4 is 49.7 Å². The number of halogens is 1. The number of aryl methyl sites for hydroxylation is 1. The molecule has 0 saturated heterocycles. The van der Waals surface area contributed by atoms with E-state index < -0.39 is 24.7 Å². The third-order valence-corrected chi connectivity index (χ3v) is 23.6. The van der Waals surface area contributed by atoms with Crippen molar-refractivity contribution in [1.29, 1.82) is 0 Å². The number of rotatable bonds is 12. The fourth-order valence-electron chi connectivity index (χ4n) is 5.01. The van der Waals surface area contributed by atoms with Crippen molar-refractivity contribution in [1.82, 2.24) is 0 Å². The summed E-state index contributed by atoms with van der Waals surface area (Å²) in [6.45, 7) is 16.7. The van der Waals surface area contributed by atoms with Crippen molar-refractivity contribution in [3.63, 3.8) is 0 Å². The van der Waals surface area contributed by atoms with Crippen molar-refractivity contribution in [2.75, 3.05) is 17.4 Å². The van der Waals surface area contributed by atoms with Gasteiger partial charge < -0.3 is 27.4 Å². The van der Waals surface area contributed by atoms with E-state index in [1.54, 1.807) is 0 Å². The first kappa shape index (κ1) is 39.4. The van der Waals surface area contributed by atoms with Gasteiger partial charge in [-0.15, -0.1) is 25.0 Å². The summed E-state index contributed by atoms with van der Waals surface area (Å²) in [5.74, 6) is 3.75. The first-order valence-corrected chi connectivity index (χ1v) is 25.9. The molecule has 0 aliphatic heterocycles. The van der Waals surface area contributed by atoms with Gasteiger partial charge in [-0.05, 0) is 31.6 Å². The van der Waals surface area contributed by atoms with Gasteiger partial charge in [0.25, 0.3) is 0 Å². The Balaban J connectivity index is 0.000000902. The molecule has 0 atom stereocenters. The minimum Gasteiger partial charge on any atom is -1.00 e. The summed E-state index contributed by atoms with van der Waals surface area (Å²) in [5.41, 5.74) is 4.71. The molecule has 43 heavy (non-hydrogen) atoms. The summed E-state index contributed by atoms with van der Waals surface area (Å²) < 4.78 is 0. The van der Waals surface area contributed by atoms with E-state index in [-0.39, 0.29) is 42.0 Å². The van der Waals surface area contributed by atoms with E-state index in [9.17, 15) is 0 Å². The molecule has 0 aromatic heterocycles. The Bertz CT molecular complexity index is 1150. The zero-order chi connectivity index (χ0) is 29.8. The number of nitrogens with zero attached hydrogens (tertiary/aromatic N) is 3. The summed E-state index contributed by atoms with van der Waals surface area (Å²) in [4.78, 5) is 15.9. The Morgan fingerprint density at radius 3 is 0.884 bits per heavy atom. The fraction of sp³-hybridized carbons (Fsp3) is 0.294. The van der Waals surface area contributed by atoms with Crippen LogP contribution in [0.2, 0.25) is 39.3 Å². The number of hydrogen-bond donors (Lipinski definition) is 0. The average Bonchev–Trinajstić information content (AvgIpc) is 2.89. The summed E-state index contributed by atoms with van der Waals surface area (Å²) in [5, 5.41) is 0. The van der Waals surface area contributed by atoms with E-state index in [1.807, 2.05) is 18.2 Å². The maximum Gasteiger partial charge on any atom is 4.00 e. The SMILES string of the molecule is C[Si](C)(CP(C[Si](C)(C)[N-]c1ccccc1)C[Si](C)(C)[N-]c1ccccc1)[N-]c1ccccc1.Cc1ccccc1.[Cl-].[Ti+4]. The largest absolute Gasteiger partial charge is 4.00 e. The van der Waals surface area contributed by atoms with Gasteiger partial charge in [0.15, 0.2) is 0 Å². The first-order chi connectivity index (χ1) is 19.4. The molecule has 4 rings (SSSR count). The van der Waals surface area contributed by atoms with Crippen LogP contribution in [0, 0.1) is 6.92 Å². The summed E-state index contributed by atoms with van der Waals surface area (Å²) in [6.07, 6.45) is 0. The molecule has 3 nitrogen and oxygen atoms in total. The number of hydrogen-bond acceptors (Lipinski definition) is 0. The van der Waals surface area contributed by atoms with Gasteiger partial charge >= 0.3 is 21.7 Å². The Morgan fingerprint density at radius 2 is 0.674 bits per heavy atom. The maximum atomic E-state index is 5.28. The van der Waals surface area contributed by atoms with Crippen molar-refractivity contribution in [3.8, 4) is 0 Å². The average molecular weight is 696 g/mol. The molecule has 0 N–H and O–H groups in total. The molecule has 0 radical (unpaired) electrons. The molecule has 0 spiro atoms. The van der Waals surface area contributed by atoms with Crippen LogP contribution in [0.1, 0.15) is 5.56 Å².